The quantitative estimate of drug-likeness (QED) is 0.214. The molecule has 3 aromatic heterocycles. The maximum Gasteiger partial charge on any atom is 0.236 e. The smallest absolute Gasteiger partial charge is 0.236 e. The molecule has 0 amide bonds. The van der Waals surface area contributed by atoms with Gasteiger partial charge in [-0.3, -0.25) is 4.57 Å². The van der Waals surface area contributed by atoms with E-state index in [1.165, 1.54) is 0 Å². The molecule has 10 heteroatoms. The number of rotatable bonds is 7. The van der Waals surface area contributed by atoms with Crippen molar-refractivity contribution in [2.24, 2.45) is 0 Å². The Hall–Kier alpha value is -2.10. The molecule has 1 fully saturated rings. The second-order valence-corrected chi connectivity index (χ2v) is 16.8. The van der Waals surface area contributed by atoms with E-state index >= 15 is 0 Å². The number of hydrogen-bond acceptors (Lipinski definition) is 5. The minimum Gasteiger partial charge on any atom is -0.416 e. The Morgan fingerprint density at radius 3 is 2.70 bits per heavy atom. The topological polar surface area (TPSA) is 67.2 Å². The molecule has 0 aliphatic carbocycles. The van der Waals surface area contributed by atoms with E-state index in [2.05, 4.69) is 44.1 Å². The second kappa shape index (κ2) is 10.2. The number of benzene rings is 1. The van der Waals surface area contributed by atoms with Crippen LogP contribution in [-0.2, 0) is 15.6 Å². The Labute approximate surface area is 228 Å². The first-order valence-electron chi connectivity index (χ1n) is 12.8. The maximum absolute atomic E-state index is 6.72. The lowest BCUT2D eigenvalue weighted by molar-refractivity contribution is -0.0394. The highest BCUT2D eigenvalue weighted by atomic mass is 35.5. The van der Waals surface area contributed by atoms with E-state index in [1.807, 2.05) is 46.0 Å². The van der Waals surface area contributed by atoms with Gasteiger partial charge in [0.05, 0.1) is 27.5 Å². The molecule has 1 unspecified atom stereocenters. The zero-order valence-corrected chi connectivity index (χ0v) is 24.6. The van der Waals surface area contributed by atoms with E-state index < -0.39 is 8.32 Å². The van der Waals surface area contributed by atoms with Gasteiger partial charge in [-0.2, -0.15) is 5.10 Å². The van der Waals surface area contributed by atoms with E-state index in [0.717, 1.165) is 53.6 Å². The van der Waals surface area contributed by atoms with Gasteiger partial charge in [-0.1, -0.05) is 55.2 Å². The molecule has 1 saturated heterocycles. The molecule has 0 saturated carbocycles. The van der Waals surface area contributed by atoms with Crippen molar-refractivity contribution in [3.8, 4) is 17.0 Å². The average Bonchev–Trinajstić information content (AvgIpc) is 3.59. The summed E-state index contributed by atoms with van der Waals surface area (Å²) in [4.78, 5) is 0. The standard InChI is InChI=1S/C27H34Cl2N4O3Si/c1-27(2,3)37(4,5)35-13-11-19-14-24(36-31-19)32-17-21(20-9-10-22(28)25(29)26(20)32)18-15-30-33(16-18)23-8-6-7-12-34-23/h9-10,14-17,23H,6-8,11-13H2,1-5H3. The van der Waals surface area contributed by atoms with Gasteiger partial charge in [0.1, 0.15) is 6.23 Å². The van der Waals surface area contributed by atoms with Crippen molar-refractivity contribution in [1.29, 1.82) is 0 Å². The van der Waals surface area contributed by atoms with Crippen molar-refractivity contribution in [3.63, 3.8) is 0 Å². The van der Waals surface area contributed by atoms with Crippen molar-refractivity contribution in [2.45, 2.75) is 70.8 Å². The van der Waals surface area contributed by atoms with Crippen LogP contribution in [-0.4, -0.2) is 41.0 Å². The first-order valence-corrected chi connectivity index (χ1v) is 16.5. The average molecular weight is 562 g/mol. The normalized spacial score (nSPS) is 17.1. The summed E-state index contributed by atoms with van der Waals surface area (Å²) < 4.78 is 21.8. The lowest BCUT2D eigenvalue weighted by Crippen LogP contribution is -2.41. The summed E-state index contributed by atoms with van der Waals surface area (Å²) in [6, 6.07) is 5.74. The van der Waals surface area contributed by atoms with Gasteiger partial charge in [0.25, 0.3) is 0 Å². The van der Waals surface area contributed by atoms with Crippen molar-refractivity contribution < 1.29 is 13.7 Å². The lowest BCUT2D eigenvalue weighted by atomic mass is 10.1. The predicted octanol–water partition coefficient (Wildman–Crippen LogP) is 8.05. The van der Waals surface area contributed by atoms with Crippen LogP contribution < -0.4 is 0 Å². The Kier molecular flexibility index (Phi) is 7.32. The van der Waals surface area contributed by atoms with Crippen LogP contribution >= 0.6 is 23.2 Å². The molecular weight excluding hydrogens is 527 g/mol. The molecule has 1 aliphatic rings. The maximum atomic E-state index is 6.72. The minimum atomic E-state index is -1.82. The summed E-state index contributed by atoms with van der Waals surface area (Å²) >= 11 is 13.1. The zero-order valence-electron chi connectivity index (χ0n) is 22.1. The molecule has 7 nitrogen and oxygen atoms in total. The molecule has 0 N–H and O–H groups in total. The van der Waals surface area contributed by atoms with Crippen LogP contribution in [0, 0.1) is 0 Å². The Morgan fingerprint density at radius 2 is 1.97 bits per heavy atom. The van der Waals surface area contributed by atoms with Crippen molar-refractivity contribution in [2.75, 3.05) is 13.2 Å². The fourth-order valence-electron chi connectivity index (χ4n) is 4.39. The van der Waals surface area contributed by atoms with E-state index in [1.54, 1.807) is 0 Å². The molecule has 4 heterocycles. The molecule has 1 aromatic carbocycles. The summed E-state index contributed by atoms with van der Waals surface area (Å²) in [5.74, 6) is 0.575. The second-order valence-electron chi connectivity index (χ2n) is 11.2. The van der Waals surface area contributed by atoms with E-state index in [0.29, 0.717) is 29.0 Å². The third-order valence-corrected chi connectivity index (χ3v) is 13.0. The molecule has 0 radical (unpaired) electrons. The van der Waals surface area contributed by atoms with Gasteiger partial charge in [-0.05, 0) is 43.5 Å². The van der Waals surface area contributed by atoms with Gasteiger partial charge in [0.2, 0.25) is 5.88 Å². The van der Waals surface area contributed by atoms with Crippen LogP contribution in [0.3, 0.4) is 0 Å². The van der Waals surface area contributed by atoms with Crippen molar-refractivity contribution >= 4 is 42.4 Å². The third kappa shape index (κ3) is 5.27. The number of hydrogen-bond donors (Lipinski definition) is 0. The molecule has 37 heavy (non-hydrogen) atoms. The summed E-state index contributed by atoms with van der Waals surface area (Å²) in [7, 11) is -1.82. The number of nitrogens with zero attached hydrogens (tertiary/aromatic N) is 4. The Bertz CT molecular complexity index is 1400. The molecule has 5 rings (SSSR count). The SMILES string of the molecule is CC(C)(C)[Si](C)(C)OCCc1cc(-n2cc(-c3cnn(C4CCCCO4)c3)c3ccc(Cl)c(Cl)c32)on1. The highest BCUT2D eigenvalue weighted by Gasteiger charge is 2.37. The van der Waals surface area contributed by atoms with Crippen LogP contribution in [0.5, 0.6) is 0 Å². The van der Waals surface area contributed by atoms with Crippen LogP contribution in [0.15, 0.2) is 41.3 Å². The molecule has 0 spiro atoms. The highest BCUT2D eigenvalue weighted by molar-refractivity contribution is 6.74. The molecular formula is C27H34Cl2N4O3Si. The number of ether oxygens (including phenoxy) is 1. The number of fused-ring (bicyclic) bond motifs is 1. The summed E-state index contributed by atoms with van der Waals surface area (Å²) in [5.41, 5.74) is 3.55. The fraction of sp³-hybridized carbons (Fsp3) is 0.481. The van der Waals surface area contributed by atoms with Gasteiger partial charge in [-0.15, -0.1) is 0 Å². The lowest BCUT2D eigenvalue weighted by Gasteiger charge is -2.36. The Morgan fingerprint density at radius 1 is 1.16 bits per heavy atom. The van der Waals surface area contributed by atoms with E-state index in [9.17, 15) is 0 Å². The largest absolute Gasteiger partial charge is 0.416 e. The molecule has 0 bridgehead atoms. The van der Waals surface area contributed by atoms with Gasteiger partial charge >= 0.3 is 0 Å². The number of aromatic nitrogens is 4. The van der Waals surface area contributed by atoms with Crippen molar-refractivity contribution in [3.05, 3.63) is 52.5 Å². The summed E-state index contributed by atoms with van der Waals surface area (Å²) in [5, 5.41) is 11.0. The highest BCUT2D eigenvalue weighted by Crippen LogP contribution is 2.40. The molecule has 1 aliphatic heterocycles. The molecule has 198 valence electrons. The van der Waals surface area contributed by atoms with Gasteiger partial charge < -0.3 is 13.7 Å². The van der Waals surface area contributed by atoms with Crippen LogP contribution in [0.1, 0.15) is 52.0 Å². The van der Waals surface area contributed by atoms with Crippen LogP contribution in [0.4, 0.5) is 0 Å². The third-order valence-electron chi connectivity index (χ3n) is 7.63. The zero-order chi connectivity index (χ0) is 26.4. The first-order chi connectivity index (χ1) is 17.5. The molecule has 1 atom stereocenters. The van der Waals surface area contributed by atoms with E-state index in [4.69, 9.17) is 36.9 Å². The molecule has 4 aromatic rings. The van der Waals surface area contributed by atoms with Gasteiger partial charge in [0, 0.05) is 54.6 Å². The monoisotopic (exact) mass is 560 g/mol. The number of halogens is 2. The minimum absolute atomic E-state index is 0.0285. The van der Waals surface area contributed by atoms with Crippen molar-refractivity contribution in [1.82, 2.24) is 19.5 Å². The fourth-order valence-corrected chi connectivity index (χ4v) is 5.84. The first kappa shape index (κ1) is 26.5. The van der Waals surface area contributed by atoms with Crippen LogP contribution in [0.2, 0.25) is 28.2 Å². The van der Waals surface area contributed by atoms with Gasteiger partial charge in [0.15, 0.2) is 8.32 Å². The summed E-state index contributed by atoms with van der Waals surface area (Å²) in [6.07, 6.45) is 9.74. The Balaban J connectivity index is 1.45. The summed E-state index contributed by atoms with van der Waals surface area (Å²) in [6.45, 7) is 12.6. The van der Waals surface area contributed by atoms with Gasteiger partial charge in [-0.25, -0.2) is 4.68 Å². The van der Waals surface area contributed by atoms with E-state index in [-0.39, 0.29) is 11.3 Å². The van der Waals surface area contributed by atoms with Crippen LogP contribution in [0.25, 0.3) is 27.9 Å². The predicted molar refractivity (Wildman–Crippen MR) is 150 cm³/mol.